The molecule has 0 fully saturated rings. The van der Waals surface area contributed by atoms with E-state index < -0.39 is 0 Å². The molecule has 114 valence electrons. The maximum Gasteiger partial charge on any atom is 0.343 e. The normalized spacial score (nSPS) is 10.8. The van der Waals surface area contributed by atoms with Gasteiger partial charge in [-0.2, -0.15) is 0 Å². The molecule has 0 aliphatic heterocycles. The summed E-state index contributed by atoms with van der Waals surface area (Å²) in [6.45, 7) is 3.03. The molecule has 0 radical (unpaired) electrons. The Kier molecular flexibility index (Phi) is 5.89. The summed E-state index contributed by atoms with van der Waals surface area (Å²) in [5.74, 6) is 0.107. The summed E-state index contributed by atoms with van der Waals surface area (Å²) in [7, 11) is 0. The van der Waals surface area contributed by atoms with E-state index in [2.05, 4.69) is 15.5 Å². The minimum atomic E-state index is -0.243. The van der Waals surface area contributed by atoms with Crippen LogP contribution in [0.4, 0.5) is 0 Å². The van der Waals surface area contributed by atoms with Gasteiger partial charge >= 0.3 is 5.69 Å². The van der Waals surface area contributed by atoms with Crippen molar-refractivity contribution in [2.24, 2.45) is 0 Å². The molecular formula is C12H15ClN4O2S2. The molecule has 2 rings (SSSR count). The number of rotatable bonds is 7. The van der Waals surface area contributed by atoms with Crippen molar-refractivity contribution in [2.75, 3.05) is 5.75 Å². The van der Waals surface area contributed by atoms with Crippen molar-refractivity contribution in [3.63, 3.8) is 0 Å². The van der Waals surface area contributed by atoms with Crippen molar-refractivity contribution in [3.05, 3.63) is 31.8 Å². The van der Waals surface area contributed by atoms with Crippen LogP contribution in [0.15, 0.2) is 22.1 Å². The standard InChI is InChI=1S/C12H15ClN4O2S2/c1-2-5-17-11(19)15-16-12(17)20-7-10(18)14-6-8-3-4-9(13)21-8/h3-4H,2,5-7H2,1H3,(H,14,18)(H,15,19). The van der Waals surface area contributed by atoms with Gasteiger partial charge in [0.2, 0.25) is 5.91 Å². The van der Waals surface area contributed by atoms with Crippen LogP contribution in [-0.2, 0) is 17.9 Å². The van der Waals surface area contributed by atoms with E-state index in [0.29, 0.717) is 22.6 Å². The largest absolute Gasteiger partial charge is 0.350 e. The van der Waals surface area contributed by atoms with E-state index in [-0.39, 0.29) is 17.3 Å². The molecule has 0 bridgehead atoms. The molecule has 1 amide bonds. The fraction of sp³-hybridized carbons (Fsp3) is 0.417. The number of hydrogen-bond donors (Lipinski definition) is 2. The first-order chi connectivity index (χ1) is 10.1. The van der Waals surface area contributed by atoms with Gasteiger partial charge in [0.15, 0.2) is 5.16 Å². The second-order valence-corrected chi connectivity index (χ2v) is 6.98. The maximum atomic E-state index is 11.8. The lowest BCUT2D eigenvalue weighted by Gasteiger charge is -2.04. The number of halogens is 1. The molecule has 2 N–H and O–H groups in total. The fourth-order valence-electron chi connectivity index (χ4n) is 1.65. The van der Waals surface area contributed by atoms with Crippen LogP contribution in [0.25, 0.3) is 0 Å². The summed E-state index contributed by atoms with van der Waals surface area (Å²) in [5, 5.41) is 9.66. The molecule has 0 spiro atoms. The number of hydrogen-bond acceptors (Lipinski definition) is 5. The number of amides is 1. The Morgan fingerprint density at radius 2 is 2.38 bits per heavy atom. The SMILES string of the molecule is CCCn1c(SCC(=O)NCc2ccc(Cl)s2)n[nH]c1=O. The molecule has 21 heavy (non-hydrogen) atoms. The van der Waals surface area contributed by atoms with E-state index in [1.165, 1.54) is 27.7 Å². The molecule has 0 unspecified atom stereocenters. The van der Waals surface area contributed by atoms with Gasteiger partial charge in [-0.15, -0.1) is 16.4 Å². The zero-order chi connectivity index (χ0) is 15.2. The molecule has 0 saturated heterocycles. The number of nitrogens with zero attached hydrogens (tertiary/aromatic N) is 2. The van der Waals surface area contributed by atoms with Gasteiger partial charge in [0.25, 0.3) is 0 Å². The van der Waals surface area contributed by atoms with Crippen LogP contribution in [-0.4, -0.2) is 26.4 Å². The number of aromatic amines is 1. The molecule has 0 aromatic carbocycles. The Morgan fingerprint density at radius 1 is 1.57 bits per heavy atom. The van der Waals surface area contributed by atoms with Crippen molar-refractivity contribution in [1.82, 2.24) is 20.1 Å². The Morgan fingerprint density at radius 3 is 3.05 bits per heavy atom. The summed E-state index contributed by atoms with van der Waals surface area (Å²) in [6.07, 6.45) is 0.832. The highest BCUT2D eigenvalue weighted by Gasteiger charge is 2.10. The zero-order valence-electron chi connectivity index (χ0n) is 11.4. The van der Waals surface area contributed by atoms with Crippen LogP contribution in [0.5, 0.6) is 0 Å². The van der Waals surface area contributed by atoms with Crippen LogP contribution >= 0.6 is 34.7 Å². The van der Waals surface area contributed by atoms with Crippen molar-refractivity contribution in [2.45, 2.75) is 31.6 Å². The lowest BCUT2D eigenvalue weighted by atomic mass is 10.4. The van der Waals surface area contributed by atoms with E-state index in [4.69, 9.17) is 11.6 Å². The molecule has 0 aliphatic carbocycles. The van der Waals surface area contributed by atoms with Crippen molar-refractivity contribution >= 4 is 40.6 Å². The third-order valence-electron chi connectivity index (χ3n) is 2.59. The highest BCUT2D eigenvalue weighted by molar-refractivity contribution is 7.99. The van der Waals surface area contributed by atoms with E-state index in [1.54, 1.807) is 6.07 Å². The number of aromatic nitrogens is 3. The van der Waals surface area contributed by atoms with Crippen molar-refractivity contribution < 1.29 is 4.79 Å². The Bertz CT molecular complexity index is 664. The number of H-pyrrole nitrogens is 1. The van der Waals surface area contributed by atoms with Gasteiger partial charge in [-0.3, -0.25) is 9.36 Å². The molecule has 2 aromatic heterocycles. The van der Waals surface area contributed by atoms with Gasteiger partial charge < -0.3 is 5.32 Å². The first-order valence-electron chi connectivity index (χ1n) is 6.39. The smallest absolute Gasteiger partial charge is 0.343 e. The summed E-state index contributed by atoms with van der Waals surface area (Å²) in [5.41, 5.74) is -0.243. The van der Waals surface area contributed by atoms with Crippen LogP contribution in [0.3, 0.4) is 0 Å². The number of carbonyl (C=O) groups is 1. The molecule has 9 heteroatoms. The molecule has 0 atom stereocenters. The number of thiophene rings is 1. The van der Waals surface area contributed by atoms with Gasteiger partial charge in [-0.1, -0.05) is 30.3 Å². The monoisotopic (exact) mass is 346 g/mol. The Hall–Kier alpha value is -1.25. The summed E-state index contributed by atoms with van der Waals surface area (Å²) in [4.78, 5) is 24.3. The van der Waals surface area contributed by atoms with Gasteiger partial charge in [-0.05, 0) is 18.6 Å². The summed E-state index contributed by atoms with van der Waals surface area (Å²) >= 11 is 8.50. The first-order valence-corrected chi connectivity index (χ1v) is 8.57. The van der Waals surface area contributed by atoms with Gasteiger partial charge in [0.05, 0.1) is 16.6 Å². The molecule has 0 saturated carbocycles. The second-order valence-electron chi connectivity index (χ2n) is 4.23. The van der Waals surface area contributed by atoms with Gasteiger partial charge in [-0.25, -0.2) is 9.89 Å². The highest BCUT2D eigenvalue weighted by atomic mass is 35.5. The van der Waals surface area contributed by atoms with Crippen molar-refractivity contribution in [3.8, 4) is 0 Å². The van der Waals surface area contributed by atoms with Crippen LogP contribution in [0.2, 0.25) is 4.34 Å². The number of carbonyl (C=O) groups excluding carboxylic acids is 1. The zero-order valence-corrected chi connectivity index (χ0v) is 13.8. The van der Waals surface area contributed by atoms with Crippen molar-refractivity contribution in [1.29, 1.82) is 0 Å². The average Bonchev–Trinajstić information content (AvgIpc) is 3.02. The third-order valence-corrected chi connectivity index (χ3v) is 4.80. The van der Waals surface area contributed by atoms with Gasteiger partial charge in [0.1, 0.15) is 0 Å². The quantitative estimate of drug-likeness (QED) is 0.752. The lowest BCUT2D eigenvalue weighted by Crippen LogP contribution is -2.24. The topological polar surface area (TPSA) is 79.8 Å². The number of nitrogens with one attached hydrogen (secondary N) is 2. The van der Waals surface area contributed by atoms with E-state index >= 15 is 0 Å². The highest BCUT2D eigenvalue weighted by Crippen LogP contribution is 2.21. The predicted octanol–water partition coefficient (Wildman–Crippen LogP) is 2.10. The second kappa shape index (κ2) is 7.67. The molecule has 6 nitrogen and oxygen atoms in total. The van der Waals surface area contributed by atoms with Crippen LogP contribution in [0, 0.1) is 0 Å². The maximum absolute atomic E-state index is 11.8. The molecular weight excluding hydrogens is 332 g/mol. The lowest BCUT2D eigenvalue weighted by molar-refractivity contribution is -0.118. The van der Waals surface area contributed by atoms with Crippen LogP contribution in [0.1, 0.15) is 18.2 Å². The van der Waals surface area contributed by atoms with Gasteiger partial charge in [0, 0.05) is 11.4 Å². The van der Waals surface area contributed by atoms with E-state index in [0.717, 1.165) is 11.3 Å². The Balaban J connectivity index is 1.82. The van der Waals surface area contributed by atoms with E-state index in [1.807, 2.05) is 13.0 Å². The third kappa shape index (κ3) is 4.62. The minimum absolute atomic E-state index is 0.108. The number of thioether (sulfide) groups is 1. The first kappa shape index (κ1) is 16.1. The average molecular weight is 347 g/mol. The minimum Gasteiger partial charge on any atom is -0.350 e. The predicted molar refractivity (Wildman–Crippen MR) is 85.0 cm³/mol. The fourth-order valence-corrected chi connectivity index (χ4v) is 3.48. The summed E-state index contributed by atoms with van der Waals surface area (Å²) < 4.78 is 2.24. The van der Waals surface area contributed by atoms with Crippen LogP contribution < -0.4 is 11.0 Å². The summed E-state index contributed by atoms with van der Waals surface area (Å²) in [6, 6.07) is 3.68. The molecule has 2 heterocycles. The van der Waals surface area contributed by atoms with E-state index in [9.17, 15) is 9.59 Å². The molecule has 2 aromatic rings. The Labute approximate surface area is 134 Å². The molecule has 0 aliphatic rings.